The number of nitrogen functional groups attached to an aromatic ring is 2. The Morgan fingerprint density at radius 1 is 0.636 bits per heavy atom. The molecule has 0 amide bonds. The van der Waals surface area contributed by atoms with E-state index >= 15 is 0 Å². The maximum atomic E-state index is 9.55. The van der Waals surface area contributed by atoms with E-state index in [2.05, 4.69) is 70.7 Å². The molecule has 0 spiro atoms. The van der Waals surface area contributed by atoms with Gasteiger partial charge in [-0.3, -0.25) is 9.97 Å². The third-order valence-electron chi connectivity index (χ3n) is 7.07. The van der Waals surface area contributed by atoms with Crippen molar-refractivity contribution in [1.29, 1.82) is 0 Å². The van der Waals surface area contributed by atoms with E-state index in [-0.39, 0.29) is 0 Å². The van der Waals surface area contributed by atoms with Crippen LogP contribution in [0.3, 0.4) is 0 Å². The number of nitrogens with two attached hydrogens (primary N) is 2. The van der Waals surface area contributed by atoms with Gasteiger partial charge in [-0.1, -0.05) is 48.5 Å². The predicted molar refractivity (Wildman–Crippen MR) is 176 cm³/mol. The van der Waals surface area contributed by atoms with E-state index in [1.807, 2.05) is 38.1 Å². The lowest BCUT2D eigenvalue weighted by Gasteiger charge is -2.16. The number of aliphatic carboxylic acids is 2. The van der Waals surface area contributed by atoms with E-state index in [0.29, 0.717) is 12.2 Å². The molecular weight excluding hydrogens is 552 g/mol. The number of pyridine rings is 2. The summed E-state index contributed by atoms with van der Waals surface area (Å²) in [7, 11) is 0. The van der Waals surface area contributed by atoms with E-state index < -0.39 is 11.9 Å². The van der Waals surface area contributed by atoms with Crippen LogP contribution >= 0.6 is 0 Å². The highest BCUT2D eigenvalue weighted by Gasteiger charge is 2.14. The minimum atomic E-state index is -1.26. The van der Waals surface area contributed by atoms with Crippen LogP contribution in [-0.2, 0) is 22.4 Å². The molecule has 0 radical (unpaired) electrons. The molecule has 0 saturated heterocycles. The van der Waals surface area contributed by atoms with Crippen molar-refractivity contribution in [3.05, 3.63) is 130 Å². The van der Waals surface area contributed by atoms with Crippen LogP contribution < -0.4 is 11.5 Å². The molecule has 44 heavy (non-hydrogen) atoms. The van der Waals surface area contributed by atoms with Crippen molar-refractivity contribution in [2.75, 3.05) is 11.5 Å². The predicted octanol–water partition coefficient (Wildman–Crippen LogP) is 6.63. The third-order valence-corrected chi connectivity index (χ3v) is 7.07. The van der Waals surface area contributed by atoms with Crippen molar-refractivity contribution in [2.45, 2.75) is 39.5 Å². The van der Waals surface area contributed by atoms with E-state index in [1.54, 1.807) is 0 Å². The van der Waals surface area contributed by atoms with Crippen molar-refractivity contribution in [3.63, 3.8) is 0 Å². The summed E-state index contributed by atoms with van der Waals surface area (Å²) in [6, 6.07) is 24.8. The molecule has 2 aliphatic carbocycles. The molecule has 0 saturated carbocycles. The lowest BCUT2D eigenvalue weighted by molar-refractivity contribution is -0.134. The lowest BCUT2D eigenvalue weighted by Crippen LogP contribution is -2.01. The Labute approximate surface area is 257 Å². The minimum Gasteiger partial charge on any atom is -0.478 e. The standard InChI is InChI=1S/2C16H16N2.C4H4O4/c2*1-11-8-15(17)10-16(18-11)14-7-6-12-4-2-3-5-13(12)9-14;5-3(6)1-2-4(7)8/h2*2-5,8-10H,6-7H2,1H3,(H2,17,18);1-2H,(H,5,6)(H,7,8)/b;;2-1+. The van der Waals surface area contributed by atoms with Gasteiger partial charge < -0.3 is 21.7 Å². The smallest absolute Gasteiger partial charge is 0.328 e. The molecule has 8 heteroatoms. The van der Waals surface area contributed by atoms with E-state index in [4.69, 9.17) is 21.7 Å². The molecule has 0 aliphatic heterocycles. The zero-order chi connectivity index (χ0) is 31.6. The van der Waals surface area contributed by atoms with Gasteiger partial charge in [-0.05, 0) is 109 Å². The molecule has 0 fully saturated rings. The number of aryl methyl sites for hydroxylation is 4. The molecule has 2 aromatic carbocycles. The van der Waals surface area contributed by atoms with Crippen LogP contribution in [0.1, 0.15) is 57.9 Å². The van der Waals surface area contributed by atoms with Crippen LogP contribution in [0.5, 0.6) is 0 Å². The molecule has 8 nitrogen and oxygen atoms in total. The van der Waals surface area contributed by atoms with Gasteiger partial charge in [-0.2, -0.15) is 0 Å². The highest BCUT2D eigenvalue weighted by Crippen LogP contribution is 2.31. The largest absolute Gasteiger partial charge is 0.478 e. The Morgan fingerprint density at radius 2 is 1.02 bits per heavy atom. The minimum absolute atomic E-state index is 0.558. The second-order valence-electron chi connectivity index (χ2n) is 10.6. The molecule has 6 N–H and O–H groups in total. The Balaban J connectivity index is 0.000000163. The Hall–Kier alpha value is -5.50. The van der Waals surface area contributed by atoms with Gasteiger partial charge >= 0.3 is 11.9 Å². The number of carboxylic acids is 2. The first-order valence-corrected chi connectivity index (χ1v) is 14.3. The van der Waals surface area contributed by atoms with Crippen molar-refractivity contribution in [3.8, 4) is 0 Å². The lowest BCUT2D eigenvalue weighted by atomic mass is 9.90. The summed E-state index contributed by atoms with van der Waals surface area (Å²) in [5, 5.41) is 15.6. The van der Waals surface area contributed by atoms with Crippen molar-refractivity contribution in [1.82, 2.24) is 9.97 Å². The normalized spacial score (nSPS) is 13.1. The van der Waals surface area contributed by atoms with E-state index in [0.717, 1.165) is 59.8 Å². The molecule has 0 unspecified atom stereocenters. The fourth-order valence-corrected chi connectivity index (χ4v) is 5.13. The Morgan fingerprint density at radius 3 is 1.39 bits per heavy atom. The number of rotatable bonds is 4. The topological polar surface area (TPSA) is 152 Å². The Bertz CT molecular complexity index is 1600. The first-order chi connectivity index (χ1) is 21.1. The number of aromatic nitrogens is 2. The number of benzene rings is 2. The molecule has 224 valence electrons. The average molecular weight is 589 g/mol. The molecular formula is C36H36N4O4. The first-order valence-electron chi connectivity index (χ1n) is 14.3. The van der Waals surface area contributed by atoms with Gasteiger partial charge in [0.1, 0.15) is 0 Å². The zero-order valence-corrected chi connectivity index (χ0v) is 24.8. The average Bonchev–Trinajstić information content (AvgIpc) is 2.99. The molecule has 0 atom stereocenters. The number of hydrogen-bond donors (Lipinski definition) is 4. The Kier molecular flexibility index (Phi) is 10.4. The molecule has 2 heterocycles. The van der Waals surface area contributed by atoms with Crippen LogP contribution in [0, 0.1) is 13.8 Å². The highest BCUT2D eigenvalue weighted by molar-refractivity contribution is 5.89. The van der Waals surface area contributed by atoms with Crippen molar-refractivity contribution in [2.24, 2.45) is 0 Å². The van der Waals surface area contributed by atoms with Gasteiger partial charge in [0, 0.05) is 34.9 Å². The number of carboxylic acid groups (broad SMARTS) is 2. The van der Waals surface area contributed by atoms with E-state index in [1.165, 1.54) is 33.4 Å². The number of anilines is 2. The summed E-state index contributed by atoms with van der Waals surface area (Å²) in [5.41, 5.74) is 25.4. The van der Waals surface area contributed by atoms with Crippen LogP contribution in [0.4, 0.5) is 11.4 Å². The van der Waals surface area contributed by atoms with Crippen LogP contribution in [0.2, 0.25) is 0 Å². The number of carbonyl (C=O) groups is 2. The number of fused-ring (bicyclic) bond motifs is 2. The summed E-state index contributed by atoms with van der Waals surface area (Å²) in [6.45, 7) is 3.97. The fraction of sp³-hybridized carbons (Fsp3) is 0.167. The van der Waals surface area contributed by atoms with E-state index in [9.17, 15) is 9.59 Å². The van der Waals surface area contributed by atoms with Crippen LogP contribution in [0.15, 0.2) is 84.9 Å². The van der Waals surface area contributed by atoms with Crippen molar-refractivity contribution < 1.29 is 19.8 Å². The molecule has 4 aromatic rings. The van der Waals surface area contributed by atoms with Crippen LogP contribution in [-0.4, -0.2) is 32.1 Å². The van der Waals surface area contributed by atoms with Gasteiger partial charge in [-0.15, -0.1) is 0 Å². The van der Waals surface area contributed by atoms with Crippen molar-refractivity contribution >= 4 is 46.6 Å². The summed E-state index contributed by atoms with van der Waals surface area (Å²) in [4.78, 5) is 28.3. The summed E-state index contributed by atoms with van der Waals surface area (Å²) in [6.07, 6.45) is 9.82. The van der Waals surface area contributed by atoms with Gasteiger partial charge in [0.05, 0.1) is 11.4 Å². The second kappa shape index (κ2) is 14.6. The summed E-state index contributed by atoms with van der Waals surface area (Å²) < 4.78 is 0. The summed E-state index contributed by atoms with van der Waals surface area (Å²) in [5.74, 6) is -2.51. The van der Waals surface area contributed by atoms with Crippen LogP contribution in [0.25, 0.3) is 23.3 Å². The molecule has 0 bridgehead atoms. The monoisotopic (exact) mass is 588 g/mol. The van der Waals surface area contributed by atoms with Gasteiger partial charge in [0.15, 0.2) is 0 Å². The SMILES string of the molecule is Cc1cc(N)cc(C2=Cc3ccccc3CC2)n1.Cc1cc(N)cc(C2=Cc3ccccc3CC2)n1.O=C(O)/C=C/C(=O)O. The number of allylic oxidation sites excluding steroid dienone is 2. The van der Waals surface area contributed by atoms with Gasteiger partial charge in [0.25, 0.3) is 0 Å². The van der Waals surface area contributed by atoms with Gasteiger partial charge in [0.2, 0.25) is 0 Å². The molecule has 6 rings (SSSR count). The van der Waals surface area contributed by atoms with Gasteiger partial charge in [-0.25, -0.2) is 9.59 Å². The summed E-state index contributed by atoms with van der Waals surface area (Å²) >= 11 is 0. The molecule has 2 aliphatic rings. The molecule has 2 aromatic heterocycles. The quantitative estimate of drug-likeness (QED) is 0.194. The first kappa shape index (κ1) is 31.4. The zero-order valence-electron chi connectivity index (χ0n) is 24.8. The number of nitrogens with zero attached hydrogens (tertiary/aromatic N) is 2. The maximum Gasteiger partial charge on any atom is 0.328 e. The second-order valence-corrected chi connectivity index (χ2v) is 10.6. The maximum absolute atomic E-state index is 9.55. The number of hydrogen-bond acceptors (Lipinski definition) is 6. The highest BCUT2D eigenvalue weighted by atomic mass is 16.4. The fourth-order valence-electron chi connectivity index (χ4n) is 5.13. The third kappa shape index (κ3) is 9.00.